The minimum absolute atomic E-state index is 0.220. The molecule has 1 aromatic carbocycles. The number of thiophene rings is 1. The van der Waals surface area contributed by atoms with Crippen LogP contribution in [0.3, 0.4) is 0 Å². The molecule has 1 N–H and O–H groups in total. The van der Waals surface area contributed by atoms with Crippen LogP contribution in [0.1, 0.15) is 15.2 Å². The van der Waals surface area contributed by atoms with Crippen molar-refractivity contribution in [1.82, 2.24) is 5.32 Å². The van der Waals surface area contributed by atoms with E-state index in [-0.39, 0.29) is 12.5 Å². The van der Waals surface area contributed by atoms with Crippen molar-refractivity contribution in [3.63, 3.8) is 0 Å². The van der Waals surface area contributed by atoms with Gasteiger partial charge in [0.15, 0.2) is 0 Å². The first-order chi connectivity index (χ1) is 14.0. The molecule has 2 aliphatic rings. The van der Waals surface area contributed by atoms with Gasteiger partial charge in [0, 0.05) is 18.8 Å². The minimum atomic E-state index is -0.403. The van der Waals surface area contributed by atoms with E-state index in [9.17, 15) is 9.59 Å². The van der Waals surface area contributed by atoms with E-state index in [0.717, 1.165) is 43.2 Å². The van der Waals surface area contributed by atoms with Crippen LogP contribution in [-0.4, -0.2) is 57.5 Å². The molecule has 0 spiro atoms. The maximum atomic E-state index is 12.4. The van der Waals surface area contributed by atoms with Crippen LogP contribution in [0.25, 0.3) is 0 Å². The fourth-order valence-corrected chi connectivity index (χ4v) is 4.47. The van der Waals surface area contributed by atoms with Gasteiger partial charge in [-0.05, 0) is 42.8 Å². The van der Waals surface area contributed by atoms with Gasteiger partial charge >= 0.3 is 6.09 Å². The van der Waals surface area contributed by atoms with Crippen molar-refractivity contribution in [2.45, 2.75) is 13.0 Å². The number of cyclic esters (lactones) is 1. The molecular formula is C20H22ClN3O4S. The molecule has 0 saturated carbocycles. The number of ether oxygens (including phenoxy) is 2. The second-order valence-electron chi connectivity index (χ2n) is 7.00. The number of halogens is 1. The summed E-state index contributed by atoms with van der Waals surface area (Å²) in [5.74, 6) is -0.220. The molecule has 1 atom stereocenters. The number of amides is 2. The smallest absolute Gasteiger partial charge is 0.414 e. The molecule has 1 unspecified atom stereocenters. The van der Waals surface area contributed by atoms with Gasteiger partial charge in [-0.3, -0.25) is 9.69 Å². The molecule has 0 bridgehead atoms. The van der Waals surface area contributed by atoms with Gasteiger partial charge < -0.3 is 19.7 Å². The Labute approximate surface area is 178 Å². The highest BCUT2D eigenvalue weighted by atomic mass is 35.5. The number of rotatable bonds is 5. The summed E-state index contributed by atoms with van der Waals surface area (Å²) in [6.45, 7) is 5.81. The molecule has 0 aliphatic carbocycles. The summed E-state index contributed by atoms with van der Waals surface area (Å²) in [5.41, 5.74) is 2.95. The second-order valence-corrected chi connectivity index (χ2v) is 8.72. The lowest BCUT2D eigenvalue weighted by Crippen LogP contribution is -2.36. The number of carbonyl (C=O) groups is 2. The number of benzene rings is 1. The quantitative estimate of drug-likeness (QED) is 0.780. The monoisotopic (exact) mass is 435 g/mol. The van der Waals surface area contributed by atoms with Crippen molar-refractivity contribution in [3.05, 3.63) is 45.1 Å². The summed E-state index contributed by atoms with van der Waals surface area (Å²) in [5, 5.41) is 2.80. The first-order valence-electron chi connectivity index (χ1n) is 9.46. The molecule has 154 valence electrons. The maximum absolute atomic E-state index is 12.4. The average molecular weight is 436 g/mol. The summed E-state index contributed by atoms with van der Waals surface area (Å²) in [6, 6.07) is 9.42. The molecule has 2 amide bonds. The zero-order valence-corrected chi connectivity index (χ0v) is 17.6. The van der Waals surface area contributed by atoms with E-state index in [4.69, 9.17) is 21.1 Å². The predicted molar refractivity (Wildman–Crippen MR) is 113 cm³/mol. The zero-order chi connectivity index (χ0) is 20.4. The van der Waals surface area contributed by atoms with Crippen LogP contribution in [0.2, 0.25) is 4.34 Å². The lowest BCUT2D eigenvalue weighted by atomic mass is 10.1. The summed E-state index contributed by atoms with van der Waals surface area (Å²) in [6.07, 6.45) is -0.800. The van der Waals surface area contributed by atoms with Gasteiger partial charge in [0.25, 0.3) is 5.91 Å². The van der Waals surface area contributed by atoms with Crippen molar-refractivity contribution in [1.29, 1.82) is 0 Å². The highest BCUT2D eigenvalue weighted by Crippen LogP contribution is 2.29. The fraction of sp³-hybridized carbons (Fsp3) is 0.400. The van der Waals surface area contributed by atoms with E-state index in [2.05, 4.69) is 16.3 Å². The molecule has 1 aromatic heterocycles. The van der Waals surface area contributed by atoms with Crippen molar-refractivity contribution >= 4 is 46.3 Å². The van der Waals surface area contributed by atoms with Crippen LogP contribution in [0.5, 0.6) is 0 Å². The van der Waals surface area contributed by atoms with E-state index in [1.54, 1.807) is 17.0 Å². The fourth-order valence-electron chi connectivity index (χ4n) is 3.52. The Kier molecular flexibility index (Phi) is 5.94. The number of morpholine rings is 1. The third-order valence-electron chi connectivity index (χ3n) is 5.01. The van der Waals surface area contributed by atoms with Gasteiger partial charge in [-0.1, -0.05) is 11.6 Å². The van der Waals surface area contributed by atoms with E-state index in [1.807, 2.05) is 19.1 Å². The Morgan fingerprint density at radius 3 is 2.76 bits per heavy atom. The zero-order valence-electron chi connectivity index (χ0n) is 16.0. The number of nitrogens with zero attached hydrogens (tertiary/aromatic N) is 2. The summed E-state index contributed by atoms with van der Waals surface area (Å²) in [7, 11) is 0. The van der Waals surface area contributed by atoms with E-state index < -0.39 is 12.2 Å². The molecule has 7 nitrogen and oxygen atoms in total. The predicted octanol–water partition coefficient (Wildman–Crippen LogP) is 3.30. The van der Waals surface area contributed by atoms with E-state index in [0.29, 0.717) is 15.8 Å². The average Bonchev–Trinajstić information content (AvgIpc) is 3.32. The van der Waals surface area contributed by atoms with Crippen molar-refractivity contribution in [2.75, 3.05) is 49.2 Å². The maximum Gasteiger partial charge on any atom is 0.414 e. The molecule has 4 rings (SSSR count). The normalized spacial score (nSPS) is 19.4. The lowest BCUT2D eigenvalue weighted by Gasteiger charge is -2.29. The molecule has 3 heterocycles. The Hall–Kier alpha value is -2.29. The third kappa shape index (κ3) is 4.49. The van der Waals surface area contributed by atoms with Crippen LogP contribution >= 0.6 is 22.9 Å². The number of hydrogen-bond donors (Lipinski definition) is 1. The first kappa shape index (κ1) is 20.0. The van der Waals surface area contributed by atoms with Gasteiger partial charge in [-0.15, -0.1) is 11.3 Å². The van der Waals surface area contributed by atoms with Crippen LogP contribution in [0.15, 0.2) is 30.3 Å². The Bertz CT molecular complexity index is 913. The van der Waals surface area contributed by atoms with Crippen LogP contribution in [-0.2, 0) is 9.47 Å². The molecule has 9 heteroatoms. The molecule has 2 aromatic rings. The van der Waals surface area contributed by atoms with Gasteiger partial charge in [0.1, 0.15) is 6.10 Å². The molecule has 2 aliphatic heterocycles. The highest BCUT2D eigenvalue weighted by molar-refractivity contribution is 7.17. The van der Waals surface area contributed by atoms with E-state index in [1.165, 1.54) is 11.3 Å². The number of hydrogen-bond acceptors (Lipinski definition) is 6. The molecule has 2 saturated heterocycles. The SMILES string of the molecule is Cc1cc(N2CCOCC2)ccc1N1CC(CNC(=O)c2ccc(Cl)s2)OC1=O. The van der Waals surface area contributed by atoms with Gasteiger partial charge in [-0.25, -0.2) is 4.79 Å². The van der Waals surface area contributed by atoms with Crippen LogP contribution < -0.4 is 15.1 Å². The number of carbonyl (C=O) groups excluding carboxylic acids is 2. The van der Waals surface area contributed by atoms with Crippen molar-refractivity contribution in [3.8, 4) is 0 Å². The number of aryl methyl sites for hydroxylation is 1. The van der Waals surface area contributed by atoms with Gasteiger partial charge in [-0.2, -0.15) is 0 Å². The van der Waals surface area contributed by atoms with Crippen molar-refractivity contribution < 1.29 is 19.1 Å². The molecule has 0 radical (unpaired) electrons. The first-order valence-corrected chi connectivity index (χ1v) is 10.7. The minimum Gasteiger partial charge on any atom is -0.442 e. The van der Waals surface area contributed by atoms with Crippen LogP contribution in [0, 0.1) is 6.92 Å². The van der Waals surface area contributed by atoms with Gasteiger partial charge in [0.05, 0.1) is 41.2 Å². The lowest BCUT2D eigenvalue weighted by molar-refractivity contribution is 0.0920. The third-order valence-corrected chi connectivity index (χ3v) is 6.24. The summed E-state index contributed by atoms with van der Waals surface area (Å²) in [4.78, 5) is 29.0. The molecular weight excluding hydrogens is 414 g/mol. The molecule has 29 heavy (non-hydrogen) atoms. The summed E-state index contributed by atoms with van der Waals surface area (Å²) >= 11 is 7.08. The Balaban J connectivity index is 1.38. The highest BCUT2D eigenvalue weighted by Gasteiger charge is 2.33. The topological polar surface area (TPSA) is 71.1 Å². The number of anilines is 2. The second kappa shape index (κ2) is 8.61. The van der Waals surface area contributed by atoms with E-state index >= 15 is 0 Å². The summed E-state index contributed by atoms with van der Waals surface area (Å²) < 4.78 is 11.4. The van der Waals surface area contributed by atoms with Crippen molar-refractivity contribution in [2.24, 2.45) is 0 Å². The largest absolute Gasteiger partial charge is 0.442 e. The molecule has 2 fully saturated rings. The standard InChI is InChI=1S/C20H22ClN3O4S/c1-13-10-14(23-6-8-27-9-7-23)2-3-16(13)24-12-15(28-20(24)26)11-22-19(25)17-4-5-18(21)29-17/h2-5,10,15H,6-9,11-12H2,1H3,(H,22,25). The Morgan fingerprint density at radius 1 is 1.28 bits per heavy atom. The van der Waals surface area contributed by atoms with Crippen LogP contribution in [0.4, 0.5) is 16.2 Å². The van der Waals surface area contributed by atoms with Gasteiger partial charge in [0.2, 0.25) is 0 Å². The number of nitrogens with one attached hydrogen (secondary N) is 1. The Morgan fingerprint density at radius 2 is 2.07 bits per heavy atom.